The Morgan fingerprint density at radius 1 is 1.15 bits per heavy atom. The zero-order valence-electron chi connectivity index (χ0n) is 14.5. The summed E-state index contributed by atoms with van der Waals surface area (Å²) in [5.41, 5.74) is 2.66. The summed E-state index contributed by atoms with van der Waals surface area (Å²) in [5, 5.41) is 4.15. The highest BCUT2D eigenvalue weighted by atomic mass is 16.1. The molecule has 0 radical (unpaired) electrons. The van der Waals surface area contributed by atoms with E-state index in [2.05, 4.69) is 27.4 Å². The molecule has 0 saturated carbocycles. The van der Waals surface area contributed by atoms with Gasteiger partial charge >= 0.3 is 0 Å². The van der Waals surface area contributed by atoms with Crippen LogP contribution in [-0.2, 0) is 13.5 Å². The van der Waals surface area contributed by atoms with Crippen molar-refractivity contribution in [1.29, 1.82) is 0 Å². The van der Waals surface area contributed by atoms with Crippen LogP contribution in [0.3, 0.4) is 0 Å². The number of hydrogen-bond donors (Lipinski definition) is 2. The van der Waals surface area contributed by atoms with Gasteiger partial charge in [0.2, 0.25) is 0 Å². The number of aromatic nitrogens is 3. The molecular formula is C21H20N4O. The summed E-state index contributed by atoms with van der Waals surface area (Å²) >= 11 is 0. The van der Waals surface area contributed by atoms with Crippen molar-refractivity contribution in [3.63, 3.8) is 0 Å². The van der Waals surface area contributed by atoms with Crippen molar-refractivity contribution in [1.82, 2.24) is 19.9 Å². The van der Waals surface area contributed by atoms with Gasteiger partial charge < -0.3 is 14.9 Å². The molecule has 5 nitrogen and oxygen atoms in total. The van der Waals surface area contributed by atoms with Crippen LogP contribution in [0.25, 0.3) is 10.9 Å². The number of nitrogens with zero attached hydrogens (tertiary/aromatic N) is 2. The largest absolute Gasteiger partial charge is 0.351 e. The van der Waals surface area contributed by atoms with Crippen molar-refractivity contribution in [3.8, 4) is 0 Å². The lowest BCUT2D eigenvalue weighted by atomic mass is 10.1. The smallest absolute Gasteiger partial charge is 0.268 e. The van der Waals surface area contributed by atoms with Crippen LogP contribution in [0, 0.1) is 0 Å². The number of para-hydroxylation sites is 1. The molecule has 0 aliphatic heterocycles. The molecule has 1 amide bonds. The number of carbonyl (C=O) groups is 1. The van der Waals surface area contributed by atoms with E-state index >= 15 is 0 Å². The Labute approximate surface area is 151 Å². The quantitative estimate of drug-likeness (QED) is 0.581. The van der Waals surface area contributed by atoms with E-state index in [1.807, 2.05) is 66.3 Å². The fourth-order valence-corrected chi connectivity index (χ4v) is 3.20. The summed E-state index contributed by atoms with van der Waals surface area (Å²) in [4.78, 5) is 20.5. The summed E-state index contributed by atoms with van der Waals surface area (Å²) < 4.78 is 1.94. The van der Waals surface area contributed by atoms with Crippen molar-refractivity contribution in [2.75, 3.05) is 0 Å². The summed E-state index contributed by atoms with van der Waals surface area (Å²) in [6, 6.07) is 19.7. The van der Waals surface area contributed by atoms with E-state index in [0.29, 0.717) is 12.1 Å². The molecule has 0 aliphatic rings. The fraction of sp³-hybridized carbons (Fsp3) is 0.143. The Kier molecular flexibility index (Phi) is 4.27. The maximum atomic E-state index is 12.8. The molecule has 0 aliphatic carbocycles. The summed E-state index contributed by atoms with van der Waals surface area (Å²) in [7, 11) is 1.94. The van der Waals surface area contributed by atoms with Crippen molar-refractivity contribution < 1.29 is 4.79 Å². The van der Waals surface area contributed by atoms with Gasteiger partial charge in [-0.25, -0.2) is 4.98 Å². The van der Waals surface area contributed by atoms with Crippen LogP contribution in [0.4, 0.5) is 0 Å². The van der Waals surface area contributed by atoms with E-state index in [1.165, 1.54) is 0 Å². The standard InChI is InChI=1S/C21H20N4O/c1-25-12-11-22-20(25)18(13-15-7-3-2-4-8-15)24-21(26)19-14-16-9-5-6-10-17(16)23-19/h2-12,14,18,23H,13H2,1H3,(H,24,26). The summed E-state index contributed by atoms with van der Waals surface area (Å²) in [6.07, 6.45) is 4.32. The highest BCUT2D eigenvalue weighted by Crippen LogP contribution is 2.19. The molecule has 130 valence electrons. The lowest BCUT2D eigenvalue weighted by Gasteiger charge is -2.18. The van der Waals surface area contributed by atoms with Crippen LogP contribution in [0.5, 0.6) is 0 Å². The predicted molar refractivity (Wildman–Crippen MR) is 102 cm³/mol. The molecule has 2 N–H and O–H groups in total. The monoisotopic (exact) mass is 344 g/mol. The molecule has 26 heavy (non-hydrogen) atoms. The summed E-state index contributed by atoms with van der Waals surface area (Å²) in [6.45, 7) is 0. The van der Waals surface area contributed by atoms with Gasteiger partial charge in [-0.05, 0) is 24.1 Å². The molecular weight excluding hydrogens is 324 g/mol. The normalized spacial score (nSPS) is 12.2. The number of hydrogen-bond acceptors (Lipinski definition) is 2. The van der Waals surface area contributed by atoms with Gasteiger partial charge in [-0.3, -0.25) is 4.79 Å². The Hall–Kier alpha value is -3.34. The van der Waals surface area contributed by atoms with Gasteiger partial charge in [0.25, 0.3) is 5.91 Å². The van der Waals surface area contributed by atoms with Crippen LogP contribution in [0.15, 0.2) is 73.1 Å². The minimum absolute atomic E-state index is 0.134. The van der Waals surface area contributed by atoms with E-state index in [4.69, 9.17) is 0 Å². The van der Waals surface area contributed by atoms with E-state index < -0.39 is 0 Å². The number of H-pyrrole nitrogens is 1. The fourth-order valence-electron chi connectivity index (χ4n) is 3.20. The van der Waals surface area contributed by atoms with Crippen LogP contribution in [-0.4, -0.2) is 20.4 Å². The molecule has 0 saturated heterocycles. The van der Waals surface area contributed by atoms with E-state index in [1.54, 1.807) is 6.20 Å². The molecule has 0 spiro atoms. The first-order valence-electron chi connectivity index (χ1n) is 8.60. The number of rotatable bonds is 5. The molecule has 5 heteroatoms. The lowest BCUT2D eigenvalue weighted by molar-refractivity contribution is 0.0930. The van der Waals surface area contributed by atoms with Crippen LogP contribution >= 0.6 is 0 Å². The van der Waals surface area contributed by atoms with Crippen LogP contribution in [0.1, 0.15) is 27.9 Å². The Balaban J connectivity index is 1.61. The molecule has 1 atom stereocenters. The van der Waals surface area contributed by atoms with E-state index in [0.717, 1.165) is 22.3 Å². The highest BCUT2D eigenvalue weighted by Gasteiger charge is 2.21. The number of aryl methyl sites for hydroxylation is 1. The molecule has 2 aromatic heterocycles. The van der Waals surface area contributed by atoms with Crippen molar-refractivity contribution in [2.24, 2.45) is 7.05 Å². The molecule has 4 aromatic rings. The Bertz CT molecular complexity index is 999. The maximum Gasteiger partial charge on any atom is 0.268 e. The topological polar surface area (TPSA) is 62.7 Å². The van der Waals surface area contributed by atoms with E-state index in [9.17, 15) is 4.79 Å². The average molecular weight is 344 g/mol. The molecule has 0 bridgehead atoms. The van der Waals surface area contributed by atoms with Gasteiger partial charge in [-0.1, -0.05) is 48.5 Å². The third kappa shape index (κ3) is 3.24. The number of nitrogens with one attached hydrogen (secondary N) is 2. The number of imidazole rings is 1. The SMILES string of the molecule is Cn1ccnc1C(Cc1ccccc1)NC(=O)c1cc2ccccc2[nH]1. The van der Waals surface area contributed by atoms with Crippen molar-refractivity contribution in [3.05, 3.63) is 90.1 Å². The van der Waals surface area contributed by atoms with Crippen molar-refractivity contribution in [2.45, 2.75) is 12.5 Å². The first kappa shape index (κ1) is 16.1. The van der Waals surface area contributed by atoms with Gasteiger partial charge in [0.15, 0.2) is 0 Å². The number of benzene rings is 2. The number of carbonyl (C=O) groups excluding carboxylic acids is 1. The second-order valence-corrected chi connectivity index (χ2v) is 6.38. The van der Waals surface area contributed by atoms with Crippen LogP contribution in [0.2, 0.25) is 0 Å². The van der Waals surface area contributed by atoms with E-state index in [-0.39, 0.29) is 11.9 Å². The second kappa shape index (κ2) is 6.88. The van der Waals surface area contributed by atoms with Gasteiger partial charge in [-0.2, -0.15) is 0 Å². The first-order valence-corrected chi connectivity index (χ1v) is 8.60. The molecule has 1 unspecified atom stereocenters. The lowest BCUT2D eigenvalue weighted by Crippen LogP contribution is -2.32. The van der Waals surface area contributed by atoms with Gasteiger partial charge in [0, 0.05) is 30.3 Å². The molecule has 2 aromatic carbocycles. The van der Waals surface area contributed by atoms with Gasteiger partial charge in [-0.15, -0.1) is 0 Å². The maximum absolute atomic E-state index is 12.8. The molecule has 4 rings (SSSR count). The average Bonchev–Trinajstić information content (AvgIpc) is 3.28. The van der Waals surface area contributed by atoms with Gasteiger partial charge in [0.1, 0.15) is 11.5 Å². The van der Waals surface area contributed by atoms with Gasteiger partial charge in [0.05, 0.1) is 6.04 Å². The Morgan fingerprint density at radius 3 is 2.65 bits per heavy atom. The zero-order chi connectivity index (χ0) is 17.9. The second-order valence-electron chi connectivity index (χ2n) is 6.38. The van der Waals surface area contributed by atoms with Crippen molar-refractivity contribution >= 4 is 16.8 Å². The Morgan fingerprint density at radius 2 is 1.92 bits per heavy atom. The minimum Gasteiger partial charge on any atom is -0.351 e. The highest BCUT2D eigenvalue weighted by molar-refractivity contribution is 5.98. The molecule has 0 fully saturated rings. The predicted octanol–water partition coefficient (Wildman–Crippen LogP) is 3.62. The minimum atomic E-state index is -0.212. The van der Waals surface area contributed by atoms with Crippen LogP contribution < -0.4 is 5.32 Å². The zero-order valence-corrected chi connectivity index (χ0v) is 14.5. The third-order valence-corrected chi connectivity index (χ3v) is 4.53. The number of aromatic amines is 1. The number of amides is 1. The third-order valence-electron chi connectivity index (χ3n) is 4.53. The first-order chi connectivity index (χ1) is 12.7. The summed E-state index contributed by atoms with van der Waals surface area (Å²) in [5.74, 6) is 0.698. The number of fused-ring (bicyclic) bond motifs is 1. The molecule has 2 heterocycles.